The van der Waals surface area contributed by atoms with Gasteiger partial charge in [0.1, 0.15) is 16.2 Å². The number of hydrogen-bond donors (Lipinski definition) is 1. The van der Waals surface area contributed by atoms with Crippen LogP contribution in [0.25, 0.3) is 15.9 Å². The number of thiophene rings is 1. The highest BCUT2D eigenvalue weighted by atomic mass is 35.5. The molecular formula is C22H17Cl2N3O4S2. The number of fused-ring (bicyclic) bond motifs is 1. The van der Waals surface area contributed by atoms with Gasteiger partial charge in [0.05, 0.1) is 41.2 Å². The fourth-order valence-electron chi connectivity index (χ4n) is 3.07. The minimum Gasteiger partial charge on any atom is -0.497 e. The number of methoxy groups -OCH3 is 2. The van der Waals surface area contributed by atoms with Crippen LogP contribution in [0.1, 0.15) is 0 Å². The predicted molar refractivity (Wildman–Crippen MR) is 134 cm³/mol. The standard InChI is InChI=1S/C22H17Cl2N3O4S2/c1-30-13-8-12(9-14(10-13)31-2)25-18(28)11-33-22-26-16-6-7-32-20(16)21(29)27(22)17-5-3-4-15(23)19(17)24/h3-10H,11H2,1-2H3,(H,25,28). The number of anilines is 1. The molecule has 0 aliphatic heterocycles. The number of benzene rings is 2. The lowest BCUT2D eigenvalue weighted by molar-refractivity contribution is -0.113. The Morgan fingerprint density at radius 2 is 1.88 bits per heavy atom. The number of nitrogens with one attached hydrogen (secondary N) is 1. The van der Waals surface area contributed by atoms with Crippen LogP contribution in [0, 0.1) is 0 Å². The molecular weight excluding hydrogens is 505 g/mol. The highest BCUT2D eigenvalue weighted by molar-refractivity contribution is 7.99. The molecule has 4 rings (SSSR count). The maximum absolute atomic E-state index is 13.2. The molecule has 0 bridgehead atoms. The van der Waals surface area contributed by atoms with Gasteiger partial charge < -0.3 is 14.8 Å². The second-order valence-corrected chi connectivity index (χ2v) is 9.32. The van der Waals surface area contributed by atoms with Gasteiger partial charge in [-0.3, -0.25) is 14.2 Å². The van der Waals surface area contributed by atoms with Crippen molar-refractivity contribution in [1.82, 2.24) is 9.55 Å². The Bertz CT molecular complexity index is 1380. The molecule has 11 heteroatoms. The van der Waals surface area contributed by atoms with Crippen LogP contribution in [0.2, 0.25) is 10.0 Å². The maximum atomic E-state index is 13.2. The summed E-state index contributed by atoms with van der Waals surface area (Å²) < 4.78 is 12.3. The number of amides is 1. The summed E-state index contributed by atoms with van der Waals surface area (Å²) in [6.45, 7) is 0. The van der Waals surface area contributed by atoms with E-state index in [2.05, 4.69) is 10.3 Å². The molecule has 0 radical (unpaired) electrons. The van der Waals surface area contributed by atoms with E-state index in [1.54, 1.807) is 47.8 Å². The number of aromatic nitrogens is 2. The fourth-order valence-corrected chi connectivity index (χ4v) is 5.02. The first kappa shape index (κ1) is 23.4. The molecule has 2 aromatic carbocycles. The van der Waals surface area contributed by atoms with Gasteiger partial charge in [-0.2, -0.15) is 0 Å². The van der Waals surface area contributed by atoms with E-state index < -0.39 is 0 Å². The average molecular weight is 522 g/mol. The van der Waals surface area contributed by atoms with E-state index in [4.69, 9.17) is 32.7 Å². The Balaban J connectivity index is 1.65. The van der Waals surface area contributed by atoms with E-state index in [0.29, 0.717) is 43.3 Å². The lowest BCUT2D eigenvalue weighted by Gasteiger charge is -2.14. The second kappa shape index (κ2) is 10.0. The zero-order valence-corrected chi connectivity index (χ0v) is 20.6. The Labute approximate surface area is 207 Å². The van der Waals surface area contributed by atoms with E-state index >= 15 is 0 Å². The Kier molecular flexibility index (Phi) is 7.14. The largest absolute Gasteiger partial charge is 0.497 e. The van der Waals surface area contributed by atoms with Gasteiger partial charge in [0.2, 0.25) is 5.91 Å². The van der Waals surface area contributed by atoms with Crippen molar-refractivity contribution in [2.24, 2.45) is 0 Å². The molecule has 0 spiro atoms. The van der Waals surface area contributed by atoms with Crippen LogP contribution in [0.4, 0.5) is 5.69 Å². The number of thioether (sulfide) groups is 1. The molecule has 1 amide bonds. The molecule has 1 N–H and O–H groups in total. The topological polar surface area (TPSA) is 82.5 Å². The molecule has 0 aliphatic rings. The first-order valence-electron chi connectivity index (χ1n) is 9.51. The van der Waals surface area contributed by atoms with Gasteiger partial charge in [-0.05, 0) is 23.6 Å². The third-order valence-electron chi connectivity index (χ3n) is 4.59. The van der Waals surface area contributed by atoms with E-state index in [1.807, 2.05) is 0 Å². The van der Waals surface area contributed by atoms with Crippen LogP contribution in [-0.2, 0) is 4.79 Å². The van der Waals surface area contributed by atoms with E-state index in [0.717, 1.165) is 11.8 Å². The number of carbonyl (C=O) groups is 1. The molecule has 0 aliphatic carbocycles. The molecule has 0 saturated carbocycles. The quantitative estimate of drug-likeness (QED) is 0.255. The van der Waals surface area contributed by atoms with Gasteiger partial charge in [0.25, 0.3) is 5.56 Å². The van der Waals surface area contributed by atoms with Crippen molar-refractivity contribution in [3.8, 4) is 17.2 Å². The maximum Gasteiger partial charge on any atom is 0.276 e. The number of carbonyl (C=O) groups excluding carboxylic acids is 1. The number of rotatable bonds is 7. The Morgan fingerprint density at radius 3 is 2.58 bits per heavy atom. The van der Waals surface area contributed by atoms with Crippen LogP contribution >= 0.6 is 46.3 Å². The summed E-state index contributed by atoms with van der Waals surface area (Å²) >= 11 is 15.0. The highest BCUT2D eigenvalue weighted by Gasteiger charge is 2.18. The lowest BCUT2D eigenvalue weighted by atomic mass is 10.2. The van der Waals surface area contributed by atoms with Gasteiger partial charge in [-0.15, -0.1) is 11.3 Å². The van der Waals surface area contributed by atoms with Crippen molar-refractivity contribution in [2.75, 3.05) is 25.3 Å². The molecule has 2 aromatic heterocycles. The fraction of sp³-hybridized carbons (Fsp3) is 0.136. The van der Waals surface area contributed by atoms with Gasteiger partial charge in [-0.25, -0.2) is 4.98 Å². The molecule has 0 unspecified atom stereocenters. The minimum absolute atomic E-state index is 0.000205. The van der Waals surface area contributed by atoms with Crippen molar-refractivity contribution < 1.29 is 14.3 Å². The van der Waals surface area contributed by atoms with Crippen LogP contribution in [0.15, 0.2) is 57.8 Å². The third-order valence-corrected chi connectivity index (χ3v) is 7.23. The Hall–Kier alpha value is -2.72. The summed E-state index contributed by atoms with van der Waals surface area (Å²) in [4.78, 5) is 30.5. The van der Waals surface area contributed by atoms with Crippen molar-refractivity contribution in [1.29, 1.82) is 0 Å². The minimum atomic E-state index is -0.293. The van der Waals surface area contributed by atoms with E-state index in [1.165, 1.54) is 30.1 Å². The molecule has 4 aromatic rings. The molecule has 170 valence electrons. The number of ether oxygens (including phenoxy) is 2. The molecule has 7 nitrogen and oxygen atoms in total. The summed E-state index contributed by atoms with van der Waals surface area (Å²) in [5, 5.41) is 5.47. The molecule has 2 heterocycles. The summed E-state index contributed by atoms with van der Waals surface area (Å²) in [6, 6.07) is 11.9. The van der Waals surface area contributed by atoms with Crippen molar-refractivity contribution >= 4 is 68.1 Å². The first-order valence-corrected chi connectivity index (χ1v) is 12.1. The van der Waals surface area contributed by atoms with E-state index in [9.17, 15) is 9.59 Å². The predicted octanol–water partition coefficient (Wildman–Crippen LogP) is 5.50. The normalized spacial score (nSPS) is 10.9. The first-order chi connectivity index (χ1) is 15.9. The summed E-state index contributed by atoms with van der Waals surface area (Å²) in [5.74, 6) is 0.802. The summed E-state index contributed by atoms with van der Waals surface area (Å²) in [7, 11) is 3.06. The van der Waals surface area contributed by atoms with Gasteiger partial charge >= 0.3 is 0 Å². The molecule has 33 heavy (non-hydrogen) atoms. The van der Waals surface area contributed by atoms with Gasteiger partial charge in [-0.1, -0.05) is 41.0 Å². The zero-order chi connectivity index (χ0) is 23.5. The van der Waals surface area contributed by atoms with E-state index in [-0.39, 0.29) is 22.2 Å². The van der Waals surface area contributed by atoms with Crippen LogP contribution in [0.5, 0.6) is 11.5 Å². The van der Waals surface area contributed by atoms with Crippen LogP contribution < -0.4 is 20.3 Å². The molecule has 0 saturated heterocycles. The van der Waals surface area contributed by atoms with Gasteiger partial charge in [0.15, 0.2) is 5.16 Å². The Morgan fingerprint density at radius 1 is 1.15 bits per heavy atom. The number of halogens is 2. The van der Waals surface area contributed by atoms with Crippen molar-refractivity contribution in [2.45, 2.75) is 5.16 Å². The van der Waals surface area contributed by atoms with Crippen LogP contribution in [-0.4, -0.2) is 35.4 Å². The average Bonchev–Trinajstić information content (AvgIpc) is 3.29. The second-order valence-electron chi connectivity index (χ2n) is 6.68. The SMILES string of the molecule is COc1cc(NC(=O)CSc2nc3ccsc3c(=O)n2-c2cccc(Cl)c2Cl)cc(OC)c1. The molecule has 0 fully saturated rings. The molecule has 0 atom stereocenters. The monoisotopic (exact) mass is 521 g/mol. The zero-order valence-electron chi connectivity index (χ0n) is 17.4. The highest BCUT2D eigenvalue weighted by Crippen LogP contribution is 2.32. The third kappa shape index (κ3) is 4.96. The smallest absolute Gasteiger partial charge is 0.276 e. The summed E-state index contributed by atoms with van der Waals surface area (Å²) in [5.41, 5.74) is 1.20. The van der Waals surface area contributed by atoms with Crippen molar-refractivity contribution in [3.05, 3.63) is 68.2 Å². The number of nitrogens with zero attached hydrogens (tertiary/aromatic N) is 2. The number of hydrogen-bond acceptors (Lipinski definition) is 7. The van der Waals surface area contributed by atoms with Crippen LogP contribution in [0.3, 0.4) is 0 Å². The van der Waals surface area contributed by atoms with Gasteiger partial charge in [0, 0.05) is 23.9 Å². The van der Waals surface area contributed by atoms with Crippen molar-refractivity contribution in [3.63, 3.8) is 0 Å². The lowest BCUT2D eigenvalue weighted by Crippen LogP contribution is -2.22. The summed E-state index contributed by atoms with van der Waals surface area (Å²) in [6.07, 6.45) is 0.